The number of thiophene rings is 1. The van der Waals surface area contributed by atoms with Gasteiger partial charge in [0.05, 0.1) is 11.0 Å². The number of hydrogen-bond acceptors (Lipinski definition) is 5. The molecule has 3 amide bonds. The fourth-order valence-electron chi connectivity index (χ4n) is 3.84. The first-order valence-electron chi connectivity index (χ1n) is 9.70. The lowest BCUT2D eigenvalue weighted by Gasteiger charge is -2.24. The van der Waals surface area contributed by atoms with E-state index in [-0.39, 0.29) is 36.6 Å². The van der Waals surface area contributed by atoms with Crippen molar-refractivity contribution < 1.29 is 22.4 Å². The molecule has 0 saturated carbocycles. The molecule has 0 bridgehead atoms. The molecule has 2 fully saturated rings. The summed E-state index contributed by atoms with van der Waals surface area (Å²) in [6.45, 7) is 1.16. The Morgan fingerprint density at radius 1 is 1.10 bits per heavy atom. The van der Waals surface area contributed by atoms with Gasteiger partial charge >= 0.3 is 6.03 Å². The van der Waals surface area contributed by atoms with E-state index in [0.29, 0.717) is 31.7 Å². The first-order valence-corrected chi connectivity index (χ1v) is 12.3. The van der Waals surface area contributed by atoms with Gasteiger partial charge in [-0.05, 0) is 42.1 Å². The van der Waals surface area contributed by atoms with Crippen LogP contribution in [0.5, 0.6) is 0 Å². The van der Waals surface area contributed by atoms with Gasteiger partial charge in [0.1, 0.15) is 12.4 Å². The minimum absolute atomic E-state index is 0.0864. The number of anilines is 1. The summed E-state index contributed by atoms with van der Waals surface area (Å²) in [5.74, 6) is -0.725. The Hall–Kier alpha value is -2.46. The van der Waals surface area contributed by atoms with E-state index >= 15 is 0 Å². The van der Waals surface area contributed by atoms with Crippen LogP contribution >= 0.6 is 11.3 Å². The summed E-state index contributed by atoms with van der Waals surface area (Å²) in [7, 11) is -3.34. The average Bonchev–Trinajstić information content (AvgIpc) is 3.32. The molecule has 160 valence electrons. The quantitative estimate of drug-likeness (QED) is 0.716. The Morgan fingerprint density at radius 3 is 2.57 bits per heavy atom. The summed E-state index contributed by atoms with van der Waals surface area (Å²) >= 11 is 1.41. The number of nitrogens with zero attached hydrogens (tertiary/aromatic N) is 3. The summed E-state index contributed by atoms with van der Waals surface area (Å²) in [6, 6.07) is 8.98. The predicted octanol–water partition coefficient (Wildman–Crippen LogP) is 2.52. The summed E-state index contributed by atoms with van der Waals surface area (Å²) in [5.41, 5.74) is 0.580. The molecule has 0 N–H and O–H groups in total. The van der Waals surface area contributed by atoms with Crippen molar-refractivity contribution in [1.29, 1.82) is 0 Å². The molecule has 3 heterocycles. The van der Waals surface area contributed by atoms with Crippen molar-refractivity contribution in [1.82, 2.24) is 9.80 Å². The Kier molecular flexibility index (Phi) is 5.79. The first-order chi connectivity index (χ1) is 14.3. The zero-order chi connectivity index (χ0) is 21.3. The predicted molar refractivity (Wildman–Crippen MR) is 113 cm³/mol. The molecule has 1 aromatic carbocycles. The van der Waals surface area contributed by atoms with Gasteiger partial charge in [-0.15, -0.1) is 11.3 Å². The van der Waals surface area contributed by atoms with Crippen molar-refractivity contribution in [3.05, 3.63) is 52.5 Å². The summed E-state index contributed by atoms with van der Waals surface area (Å²) in [6.07, 6.45) is 0.351. The van der Waals surface area contributed by atoms with Crippen LogP contribution in [-0.4, -0.2) is 68.6 Å². The zero-order valence-corrected chi connectivity index (χ0v) is 17.9. The van der Waals surface area contributed by atoms with Gasteiger partial charge in [-0.25, -0.2) is 17.6 Å². The third kappa shape index (κ3) is 4.20. The minimum Gasteiger partial charge on any atom is -0.340 e. The molecule has 1 unspecified atom stereocenters. The minimum atomic E-state index is -3.34. The topological polar surface area (TPSA) is 78.0 Å². The van der Waals surface area contributed by atoms with Gasteiger partial charge in [-0.3, -0.25) is 9.69 Å². The maximum atomic E-state index is 13.1. The van der Waals surface area contributed by atoms with Crippen LogP contribution in [0.15, 0.2) is 41.8 Å². The second-order valence-corrected chi connectivity index (χ2v) is 10.7. The van der Waals surface area contributed by atoms with E-state index in [0.717, 1.165) is 4.88 Å². The molecule has 2 saturated heterocycles. The van der Waals surface area contributed by atoms with Crippen molar-refractivity contribution >= 4 is 38.8 Å². The van der Waals surface area contributed by atoms with Gasteiger partial charge in [0.25, 0.3) is 0 Å². The third-order valence-electron chi connectivity index (χ3n) is 5.51. The average molecular weight is 452 g/mol. The van der Waals surface area contributed by atoms with Gasteiger partial charge in [-0.1, -0.05) is 6.07 Å². The molecule has 0 aliphatic carbocycles. The second-order valence-electron chi connectivity index (χ2n) is 7.37. The van der Waals surface area contributed by atoms with Crippen molar-refractivity contribution in [2.45, 2.75) is 11.7 Å². The molecule has 0 spiro atoms. The van der Waals surface area contributed by atoms with Crippen LogP contribution in [0.4, 0.5) is 14.9 Å². The van der Waals surface area contributed by atoms with Crippen LogP contribution in [0.3, 0.4) is 0 Å². The van der Waals surface area contributed by atoms with Crippen LogP contribution in [0.2, 0.25) is 0 Å². The zero-order valence-electron chi connectivity index (χ0n) is 16.2. The molecular weight excluding hydrogens is 429 g/mol. The highest BCUT2D eigenvalue weighted by molar-refractivity contribution is 7.91. The highest BCUT2D eigenvalue weighted by Crippen LogP contribution is 2.32. The van der Waals surface area contributed by atoms with Crippen LogP contribution in [0.25, 0.3) is 0 Å². The number of carbonyl (C=O) groups is 2. The van der Waals surface area contributed by atoms with Crippen molar-refractivity contribution in [2.75, 3.05) is 43.4 Å². The fourth-order valence-corrected chi connectivity index (χ4v) is 6.84. The normalized spacial score (nSPS) is 21.7. The lowest BCUT2D eigenvalue weighted by Crippen LogP contribution is -2.43. The number of sulfone groups is 1. The maximum absolute atomic E-state index is 13.1. The van der Waals surface area contributed by atoms with Crippen LogP contribution in [0.1, 0.15) is 16.5 Å². The second kappa shape index (κ2) is 8.35. The number of benzene rings is 1. The Balaban J connectivity index is 1.39. The number of carbonyl (C=O) groups excluding carboxylic acids is 2. The lowest BCUT2D eigenvalue weighted by atomic mass is 10.2. The van der Waals surface area contributed by atoms with E-state index in [2.05, 4.69) is 0 Å². The van der Waals surface area contributed by atoms with E-state index in [9.17, 15) is 22.4 Å². The standard InChI is InChI=1S/C20H22FN3O4S2/c21-15-3-5-16(6-4-15)24-10-9-23(20(24)26)14-19(25)22-8-7-18(17-2-1-12-29-17)30(27,28)13-11-22/h1-6,12,18H,7-11,13-14H2. The first kappa shape index (κ1) is 20.8. The summed E-state index contributed by atoms with van der Waals surface area (Å²) in [5, 5.41) is 1.27. The lowest BCUT2D eigenvalue weighted by molar-refractivity contribution is -0.131. The molecule has 30 heavy (non-hydrogen) atoms. The Bertz CT molecular complexity index is 1020. The third-order valence-corrected chi connectivity index (χ3v) is 8.76. The molecule has 0 radical (unpaired) electrons. The van der Waals surface area contributed by atoms with E-state index in [4.69, 9.17) is 0 Å². The number of hydrogen-bond donors (Lipinski definition) is 0. The summed E-state index contributed by atoms with van der Waals surface area (Å²) in [4.78, 5) is 30.8. The van der Waals surface area contributed by atoms with Gasteiger partial charge in [0.2, 0.25) is 5.91 Å². The van der Waals surface area contributed by atoms with Gasteiger partial charge in [-0.2, -0.15) is 0 Å². The van der Waals surface area contributed by atoms with Gasteiger partial charge in [0.15, 0.2) is 9.84 Å². The van der Waals surface area contributed by atoms with Crippen molar-refractivity contribution in [3.8, 4) is 0 Å². The SMILES string of the molecule is O=C(CN1CCN(c2ccc(F)cc2)C1=O)N1CCC(c2cccs2)S(=O)(=O)CC1. The Labute approximate surface area is 178 Å². The molecule has 2 aromatic rings. The van der Waals surface area contributed by atoms with Gasteiger partial charge in [0, 0.05) is 36.7 Å². The molecule has 1 aromatic heterocycles. The number of amides is 3. The molecule has 4 rings (SSSR count). The number of rotatable bonds is 4. The molecule has 2 aliphatic rings. The highest BCUT2D eigenvalue weighted by atomic mass is 32.2. The largest absolute Gasteiger partial charge is 0.340 e. The monoisotopic (exact) mass is 451 g/mol. The van der Waals surface area contributed by atoms with E-state index in [1.807, 2.05) is 17.5 Å². The van der Waals surface area contributed by atoms with Crippen LogP contribution in [0, 0.1) is 5.82 Å². The van der Waals surface area contributed by atoms with Crippen molar-refractivity contribution in [3.63, 3.8) is 0 Å². The van der Waals surface area contributed by atoms with Crippen molar-refractivity contribution in [2.24, 2.45) is 0 Å². The van der Waals surface area contributed by atoms with Gasteiger partial charge < -0.3 is 9.80 Å². The van der Waals surface area contributed by atoms with E-state index in [1.54, 1.807) is 4.90 Å². The molecular formula is C20H22FN3O4S2. The van der Waals surface area contributed by atoms with E-state index < -0.39 is 15.1 Å². The number of urea groups is 1. The fraction of sp³-hybridized carbons (Fsp3) is 0.400. The van der Waals surface area contributed by atoms with Crippen LogP contribution < -0.4 is 4.90 Å². The maximum Gasteiger partial charge on any atom is 0.325 e. The molecule has 10 heteroatoms. The smallest absolute Gasteiger partial charge is 0.325 e. The Morgan fingerprint density at radius 2 is 1.87 bits per heavy atom. The van der Waals surface area contributed by atoms with Crippen LogP contribution in [-0.2, 0) is 14.6 Å². The molecule has 7 nitrogen and oxygen atoms in total. The van der Waals surface area contributed by atoms with E-state index in [1.165, 1.54) is 45.4 Å². The summed E-state index contributed by atoms with van der Waals surface area (Å²) < 4.78 is 38.4. The highest BCUT2D eigenvalue weighted by Gasteiger charge is 2.35. The molecule has 2 aliphatic heterocycles. The molecule has 1 atom stereocenters. The number of halogens is 1.